The van der Waals surface area contributed by atoms with Gasteiger partial charge in [-0.05, 0) is 24.8 Å². The third kappa shape index (κ3) is 3.93. The van der Waals surface area contributed by atoms with Crippen LogP contribution in [0.4, 0.5) is 0 Å². The largest absolute Gasteiger partial charge is 0.496 e. The Labute approximate surface area is 131 Å². The predicted molar refractivity (Wildman–Crippen MR) is 84.4 cm³/mol. The van der Waals surface area contributed by atoms with Crippen molar-refractivity contribution in [2.24, 2.45) is 5.92 Å². The number of allylic oxidation sites excluding steroid dienone is 2. The number of carbonyl (C=O) groups is 1. The van der Waals surface area contributed by atoms with E-state index in [9.17, 15) is 4.79 Å². The summed E-state index contributed by atoms with van der Waals surface area (Å²) in [6, 6.07) is 3.59. The van der Waals surface area contributed by atoms with Gasteiger partial charge >= 0.3 is 0 Å². The summed E-state index contributed by atoms with van der Waals surface area (Å²) >= 11 is 0. The molecule has 0 saturated heterocycles. The molecule has 0 aliphatic heterocycles. The Bertz CT molecular complexity index is 554. The zero-order chi connectivity index (χ0) is 15.9. The fourth-order valence-electron chi connectivity index (χ4n) is 2.60. The number of hydrogen-bond donors (Lipinski definition) is 1. The van der Waals surface area contributed by atoms with Crippen LogP contribution in [0.2, 0.25) is 0 Å². The normalized spacial score (nSPS) is 16.4. The van der Waals surface area contributed by atoms with Crippen LogP contribution in [0.1, 0.15) is 24.8 Å². The highest BCUT2D eigenvalue weighted by atomic mass is 16.5. The van der Waals surface area contributed by atoms with Crippen molar-refractivity contribution in [2.75, 3.05) is 21.3 Å². The van der Waals surface area contributed by atoms with Gasteiger partial charge in [0.1, 0.15) is 5.75 Å². The third-order valence-electron chi connectivity index (χ3n) is 3.82. The van der Waals surface area contributed by atoms with Crippen molar-refractivity contribution < 1.29 is 19.0 Å². The summed E-state index contributed by atoms with van der Waals surface area (Å²) < 4.78 is 15.9. The lowest BCUT2D eigenvalue weighted by molar-refractivity contribution is -0.121. The maximum atomic E-state index is 12.0. The Kier molecular flexibility index (Phi) is 5.69. The Hall–Kier alpha value is -2.17. The minimum Gasteiger partial charge on any atom is -0.496 e. The summed E-state index contributed by atoms with van der Waals surface area (Å²) in [7, 11) is 4.75. The molecule has 0 saturated carbocycles. The first-order chi connectivity index (χ1) is 10.7. The molecule has 1 aliphatic rings. The Morgan fingerprint density at radius 3 is 2.41 bits per heavy atom. The van der Waals surface area contributed by atoms with E-state index in [1.165, 1.54) is 0 Å². The number of ether oxygens (including phenoxy) is 3. The van der Waals surface area contributed by atoms with E-state index in [0.29, 0.717) is 36.1 Å². The van der Waals surface area contributed by atoms with Crippen molar-refractivity contribution in [3.8, 4) is 17.2 Å². The molecular formula is C17H23NO4. The van der Waals surface area contributed by atoms with Gasteiger partial charge in [-0.3, -0.25) is 4.79 Å². The van der Waals surface area contributed by atoms with Crippen molar-refractivity contribution >= 4 is 5.91 Å². The summed E-state index contributed by atoms with van der Waals surface area (Å²) in [5.74, 6) is 2.30. The van der Waals surface area contributed by atoms with Crippen LogP contribution in [0.5, 0.6) is 17.2 Å². The predicted octanol–water partition coefficient (Wildman–Crippen LogP) is 2.68. The van der Waals surface area contributed by atoms with Crippen LogP contribution in [0.25, 0.3) is 0 Å². The van der Waals surface area contributed by atoms with E-state index >= 15 is 0 Å². The van der Waals surface area contributed by atoms with Gasteiger partial charge in [0.05, 0.1) is 21.3 Å². The van der Waals surface area contributed by atoms with Gasteiger partial charge in [-0.1, -0.05) is 12.2 Å². The maximum absolute atomic E-state index is 12.0. The smallest absolute Gasteiger partial charge is 0.220 e. The lowest BCUT2D eigenvalue weighted by atomic mass is 10.0. The molecule has 0 heterocycles. The molecular weight excluding hydrogens is 282 g/mol. The second-order valence-corrected chi connectivity index (χ2v) is 5.27. The Morgan fingerprint density at radius 2 is 1.82 bits per heavy atom. The van der Waals surface area contributed by atoms with Crippen LogP contribution >= 0.6 is 0 Å². The number of amides is 1. The lowest BCUT2D eigenvalue weighted by Gasteiger charge is -2.15. The molecule has 2 rings (SSSR count). The summed E-state index contributed by atoms with van der Waals surface area (Å²) in [5.41, 5.74) is 0.857. The fourth-order valence-corrected chi connectivity index (χ4v) is 2.60. The van der Waals surface area contributed by atoms with Gasteiger partial charge in [-0.15, -0.1) is 0 Å². The van der Waals surface area contributed by atoms with Gasteiger partial charge in [0.25, 0.3) is 0 Å². The van der Waals surface area contributed by atoms with Crippen molar-refractivity contribution in [3.05, 3.63) is 29.8 Å². The van der Waals surface area contributed by atoms with Crippen molar-refractivity contribution in [2.45, 2.75) is 25.8 Å². The maximum Gasteiger partial charge on any atom is 0.220 e. The number of benzene rings is 1. The number of methoxy groups -OCH3 is 3. The highest BCUT2D eigenvalue weighted by Gasteiger charge is 2.16. The van der Waals surface area contributed by atoms with E-state index in [-0.39, 0.29) is 5.91 Å². The average Bonchev–Trinajstić information content (AvgIpc) is 3.04. The van der Waals surface area contributed by atoms with Crippen LogP contribution < -0.4 is 19.5 Å². The molecule has 0 spiro atoms. The minimum absolute atomic E-state index is 0.0494. The first-order valence-corrected chi connectivity index (χ1v) is 7.40. The molecule has 0 fully saturated rings. The average molecular weight is 305 g/mol. The number of carbonyl (C=O) groups excluding carboxylic acids is 1. The summed E-state index contributed by atoms with van der Waals surface area (Å²) in [4.78, 5) is 12.0. The molecule has 0 bridgehead atoms. The molecule has 1 aromatic rings. The second-order valence-electron chi connectivity index (χ2n) is 5.27. The summed E-state index contributed by atoms with van der Waals surface area (Å²) in [6.07, 6.45) is 6.92. The summed E-state index contributed by atoms with van der Waals surface area (Å²) in [6.45, 7) is 0.402. The van der Waals surface area contributed by atoms with Gasteiger partial charge in [0, 0.05) is 24.6 Å². The van der Waals surface area contributed by atoms with E-state index in [0.717, 1.165) is 18.4 Å². The molecule has 1 N–H and O–H groups in total. The van der Waals surface area contributed by atoms with Crippen LogP contribution in [0.3, 0.4) is 0 Å². The first kappa shape index (κ1) is 16.2. The standard InChI is InChI=1S/C17H23NO4/c1-20-14-10-16(22-3)15(21-2)9-13(14)11-18-17(19)8-12-6-4-5-7-12/h4,6,9-10,12H,5,7-8,11H2,1-3H3,(H,18,19)/t12-/m0/s1. The van der Waals surface area contributed by atoms with E-state index in [4.69, 9.17) is 14.2 Å². The van der Waals surface area contributed by atoms with Gasteiger partial charge in [0.2, 0.25) is 5.91 Å². The van der Waals surface area contributed by atoms with Gasteiger partial charge in [0.15, 0.2) is 11.5 Å². The minimum atomic E-state index is 0.0494. The second kappa shape index (κ2) is 7.73. The molecule has 0 radical (unpaired) electrons. The van der Waals surface area contributed by atoms with E-state index in [1.807, 2.05) is 6.07 Å². The van der Waals surface area contributed by atoms with E-state index in [1.54, 1.807) is 27.4 Å². The molecule has 5 nitrogen and oxygen atoms in total. The SMILES string of the molecule is COc1cc(OC)c(OC)cc1CNC(=O)C[C@H]1C=CCC1. The van der Waals surface area contributed by atoms with Crippen LogP contribution in [0, 0.1) is 5.92 Å². The molecule has 1 aromatic carbocycles. The van der Waals surface area contributed by atoms with E-state index in [2.05, 4.69) is 17.5 Å². The quantitative estimate of drug-likeness (QED) is 0.787. The fraction of sp³-hybridized carbons (Fsp3) is 0.471. The summed E-state index contributed by atoms with van der Waals surface area (Å²) in [5, 5.41) is 2.94. The highest BCUT2D eigenvalue weighted by molar-refractivity contribution is 5.76. The van der Waals surface area contributed by atoms with Crippen molar-refractivity contribution in [1.29, 1.82) is 0 Å². The van der Waals surface area contributed by atoms with Gasteiger partial charge in [-0.2, -0.15) is 0 Å². The molecule has 5 heteroatoms. The van der Waals surface area contributed by atoms with Gasteiger partial charge in [-0.25, -0.2) is 0 Å². The topological polar surface area (TPSA) is 56.8 Å². The third-order valence-corrected chi connectivity index (χ3v) is 3.82. The van der Waals surface area contributed by atoms with Crippen LogP contribution in [-0.2, 0) is 11.3 Å². The van der Waals surface area contributed by atoms with Crippen LogP contribution in [0.15, 0.2) is 24.3 Å². The Morgan fingerprint density at radius 1 is 1.14 bits per heavy atom. The molecule has 1 atom stereocenters. The number of nitrogens with one attached hydrogen (secondary N) is 1. The van der Waals surface area contributed by atoms with Gasteiger partial charge < -0.3 is 19.5 Å². The zero-order valence-corrected chi connectivity index (χ0v) is 13.3. The molecule has 120 valence electrons. The van der Waals surface area contributed by atoms with E-state index < -0.39 is 0 Å². The molecule has 0 unspecified atom stereocenters. The monoisotopic (exact) mass is 305 g/mol. The van der Waals surface area contributed by atoms with Crippen molar-refractivity contribution in [3.63, 3.8) is 0 Å². The lowest BCUT2D eigenvalue weighted by Crippen LogP contribution is -2.24. The number of rotatable bonds is 7. The molecule has 0 aromatic heterocycles. The molecule has 1 aliphatic carbocycles. The first-order valence-electron chi connectivity index (χ1n) is 7.40. The zero-order valence-electron chi connectivity index (χ0n) is 13.3. The number of hydrogen-bond acceptors (Lipinski definition) is 4. The molecule has 1 amide bonds. The Balaban J connectivity index is 2.01. The highest BCUT2D eigenvalue weighted by Crippen LogP contribution is 2.34. The van der Waals surface area contributed by atoms with Crippen LogP contribution in [-0.4, -0.2) is 27.2 Å². The molecule has 22 heavy (non-hydrogen) atoms. The van der Waals surface area contributed by atoms with Crippen molar-refractivity contribution in [1.82, 2.24) is 5.32 Å².